The molecule has 1 amide bonds. The smallest absolute Gasteiger partial charge is 0.330 e. The summed E-state index contributed by atoms with van der Waals surface area (Å²) < 4.78 is 11.0. The molecule has 1 unspecified atom stereocenters. The van der Waals surface area contributed by atoms with Crippen LogP contribution in [0.25, 0.3) is 0 Å². The molecule has 3 N–H and O–H groups in total. The number of carbonyl (C=O) groups is 2. The molecule has 0 aromatic heterocycles. The predicted molar refractivity (Wildman–Crippen MR) is 118 cm³/mol. The Kier molecular flexibility index (Phi) is 4.58. The summed E-state index contributed by atoms with van der Waals surface area (Å²) in [6.45, 7) is 1.88. The number of likely N-dealkylation sites (tertiary alicyclic amines) is 1. The van der Waals surface area contributed by atoms with Gasteiger partial charge in [-0.05, 0) is 62.6 Å². The lowest BCUT2D eigenvalue weighted by molar-refractivity contribution is -0.192. The maximum Gasteiger partial charge on any atom is 0.330 e. The summed E-state index contributed by atoms with van der Waals surface area (Å²) in [5, 5.41) is 26.0. The highest BCUT2D eigenvalue weighted by Gasteiger charge is 2.73. The predicted octanol–water partition coefficient (Wildman–Crippen LogP) is 1.17. The summed E-state index contributed by atoms with van der Waals surface area (Å²) in [5.41, 5.74) is 0.390. The van der Waals surface area contributed by atoms with E-state index in [0.29, 0.717) is 25.0 Å². The van der Waals surface area contributed by atoms with Crippen molar-refractivity contribution < 1.29 is 29.3 Å². The van der Waals surface area contributed by atoms with Gasteiger partial charge in [-0.15, -0.1) is 0 Å². The number of benzene rings is 1. The largest absolute Gasteiger partial charge is 0.504 e. The van der Waals surface area contributed by atoms with Gasteiger partial charge >= 0.3 is 5.97 Å². The Balaban J connectivity index is 1.38. The van der Waals surface area contributed by atoms with E-state index in [-0.39, 0.29) is 17.8 Å². The number of hydrogen-bond donors (Lipinski definition) is 3. The molecule has 2 aliphatic heterocycles. The molecule has 2 bridgehead atoms. The van der Waals surface area contributed by atoms with Gasteiger partial charge in [-0.2, -0.15) is 0 Å². The van der Waals surface area contributed by atoms with Crippen molar-refractivity contribution in [3.63, 3.8) is 0 Å². The van der Waals surface area contributed by atoms with Gasteiger partial charge in [0.05, 0.1) is 24.2 Å². The van der Waals surface area contributed by atoms with Crippen molar-refractivity contribution in [2.24, 2.45) is 5.92 Å². The topological polar surface area (TPSA) is 108 Å². The fourth-order valence-corrected chi connectivity index (χ4v) is 7.07. The minimum atomic E-state index is -0.986. The van der Waals surface area contributed by atoms with Crippen LogP contribution in [0.5, 0.6) is 11.5 Å². The van der Waals surface area contributed by atoms with Crippen LogP contribution >= 0.6 is 0 Å². The molecule has 1 spiro atoms. The second-order valence-electron chi connectivity index (χ2n) is 10.3. The normalized spacial score (nSPS) is 36.2. The van der Waals surface area contributed by atoms with Gasteiger partial charge in [0.25, 0.3) is 0 Å². The first kappa shape index (κ1) is 21.0. The molecule has 5 aliphatic rings. The summed E-state index contributed by atoms with van der Waals surface area (Å²) in [6, 6.07) is 3.29. The molecular weight excluding hydrogens is 424 g/mol. The van der Waals surface area contributed by atoms with Gasteiger partial charge in [0, 0.05) is 30.3 Å². The number of rotatable bonds is 5. The number of piperidine rings is 1. The number of phenols is 1. The van der Waals surface area contributed by atoms with Gasteiger partial charge in [-0.1, -0.05) is 6.07 Å². The molecule has 1 aromatic carbocycles. The molecule has 0 radical (unpaired) electrons. The van der Waals surface area contributed by atoms with E-state index in [4.69, 9.17) is 4.74 Å². The van der Waals surface area contributed by atoms with Crippen LogP contribution in [0.2, 0.25) is 0 Å². The van der Waals surface area contributed by atoms with Crippen molar-refractivity contribution in [1.29, 1.82) is 0 Å². The number of nitrogens with zero attached hydrogens (tertiary/aromatic N) is 1. The molecule has 5 atom stereocenters. The maximum atomic E-state index is 12.6. The van der Waals surface area contributed by atoms with Crippen molar-refractivity contribution >= 4 is 11.9 Å². The van der Waals surface area contributed by atoms with Gasteiger partial charge in [0.2, 0.25) is 5.91 Å². The van der Waals surface area contributed by atoms with Crippen molar-refractivity contribution in [3.05, 3.63) is 35.4 Å². The van der Waals surface area contributed by atoms with Crippen molar-refractivity contribution in [2.75, 3.05) is 20.2 Å². The molecule has 8 heteroatoms. The third-order valence-electron chi connectivity index (χ3n) is 8.66. The van der Waals surface area contributed by atoms with Gasteiger partial charge in [-0.3, -0.25) is 9.69 Å². The number of hydrogen-bond acceptors (Lipinski definition) is 7. The number of esters is 1. The lowest BCUT2D eigenvalue weighted by Crippen LogP contribution is -2.78. The van der Waals surface area contributed by atoms with E-state index >= 15 is 0 Å². The molecule has 8 nitrogen and oxygen atoms in total. The lowest BCUT2D eigenvalue weighted by atomic mass is 9.48. The fourth-order valence-electron chi connectivity index (χ4n) is 7.07. The van der Waals surface area contributed by atoms with E-state index in [2.05, 4.69) is 15.0 Å². The van der Waals surface area contributed by atoms with E-state index in [1.807, 2.05) is 6.07 Å². The van der Waals surface area contributed by atoms with Crippen molar-refractivity contribution in [2.45, 2.75) is 67.7 Å². The van der Waals surface area contributed by atoms with Crippen LogP contribution in [0, 0.1) is 5.92 Å². The van der Waals surface area contributed by atoms with E-state index in [1.54, 1.807) is 6.07 Å². The maximum absolute atomic E-state index is 12.6. The Morgan fingerprint density at radius 3 is 2.85 bits per heavy atom. The molecule has 2 saturated carbocycles. The lowest BCUT2D eigenvalue weighted by Gasteiger charge is -2.64. The molecule has 3 fully saturated rings. The van der Waals surface area contributed by atoms with Crippen LogP contribution in [0.1, 0.15) is 43.2 Å². The average molecular weight is 455 g/mol. The number of amides is 1. The number of phenolic OH excluding ortho intramolecular Hbond substituents is 1. The highest BCUT2D eigenvalue weighted by atomic mass is 16.5. The van der Waals surface area contributed by atoms with Crippen LogP contribution in [0.4, 0.5) is 0 Å². The van der Waals surface area contributed by atoms with Gasteiger partial charge in [-0.25, -0.2) is 4.79 Å². The summed E-state index contributed by atoms with van der Waals surface area (Å²) in [4.78, 5) is 26.4. The minimum absolute atomic E-state index is 0.00295. The zero-order valence-corrected chi connectivity index (χ0v) is 18.8. The molecular formula is C25H30N2O6. The first-order valence-electron chi connectivity index (χ1n) is 11.9. The van der Waals surface area contributed by atoms with Gasteiger partial charge in [0.15, 0.2) is 11.5 Å². The Morgan fingerprint density at radius 2 is 2.09 bits per heavy atom. The van der Waals surface area contributed by atoms with Crippen LogP contribution in [-0.4, -0.2) is 71.0 Å². The quantitative estimate of drug-likeness (QED) is 0.453. The third kappa shape index (κ3) is 2.89. The summed E-state index contributed by atoms with van der Waals surface area (Å²) in [6.07, 6.45) is 6.84. The Labute approximate surface area is 192 Å². The Hall–Kier alpha value is -2.58. The van der Waals surface area contributed by atoms with E-state index in [9.17, 15) is 19.8 Å². The average Bonchev–Trinajstić information content (AvgIpc) is 3.54. The molecule has 33 heavy (non-hydrogen) atoms. The van der Waals surface area contributed by atoms with Gasteiger partial charge in [0.1, 0.15) is 6.10 Å². The zero-order valence-electron chi connectivity index (χ0n) is 18.8. The number of methoxy groups -OCH3 is 1. The summed E-state index contributed by atoms with van der Waals surface area (Å²) in [5.74, 6) is 0.256. The van der Waals surface area contributed by atoms with E-state index in [1.165, 1.54) is 20.0 Å². The fraction of sp³-hybridized carbons (Fsp3) is 0.600. The van der Waals surface area contributed by atoms with Gasteiger partial charge < -0.3 is 25.0 Å². The van der Waals surface area contributed by atoms with Crippen molar-refractivity contribution in [3.8, 4) is 11.5 Å². The molecule has 1 saturated heterocycles. The monoisotopic (exact) mass is 454 g/mol. The number of nitrogens with one attached hydrogen (secondary N) is 1. The summed E-state index contributed by atoms with van der Waals surface area (Å²) in [7, 11) is 1.26. The zero-order chi connectivity index (χ0) is 23.0. The second kappa shape index (κ2) is 7.21. The van der Waals surface area contributed by atoms with Crippen molar-refractivity contribution in [1.82, 2.24) is 10.2 Å². The van der Waals surface area contributed by atoms with Crippen LogP contribution in [0.15, 0.2) is 24.3 Å². The first-order chi connectivity index (χ1) is 15.9. The highest BCUT2D eigenvalue weighted by molar-refractivity contribution is 5.94. The molecule has 176 valence electrons. The standard InChI is InChI=1S/C25H30N2O6/c1-32-20(30)7-6-19(29)26-16-8-9-25(31)18-12-15-4-5-17(28)22-21(15)24(25,23(16)33-22)10-11-27(18)13-14-2-3-14/h4-7,14,16,18,23,28,31H,2-3,8-13H2,1H3,(H,26,29)/b7-6+/t16-,18?,23-,24-,25+/m0/s1. The number of carbonyl (C=O) groups excluding carboxylic acids is 2. The van der Waals surface area contributed by atoms with Crippen LogP contribution < -0.4 is 10.1 Å². The number of aromatic hydroxyl groups is 1. The first-order valence-corrected chi connectivity index (χ1v) is 11.9. The molecule has 6 rings (SSSR count). The third-order valence-corrected chi connectivity index (χ3v) is 8.66. The Morgan fingerprint density at radius 1 is 1.27 bits per heavy atom. The number of ether oxygens (including phenoxy) is 2. The molecule has 3 aliphatic carbocycles. The van der Waals surface area contributed by atoms with Crippen LogP contribution in [-0.2, 0) is 26.2 Å². The van der Waals surface area contributed by atoms with E-state index < -0.39 is 29.0 Å². The SMILES string of the molecule is COC(=O)/C=C/C(=O)N[C@H]1CC[C@@]2(O)C3Cc4ccc(O)c5c4[C@@]2(CCN3CC2CC2)[C@H]1O5. The van der Waals surface area contributed by atoms with E-state index in [0.717, 1.165) is 48.7 Å². The highest BCUT2D eigenvalue weighted by Crippen LogP contribution is 2.65. The molecule has 1 aromatic rings. The van der Waals surface area contributed by atoms with Crippen LogP contribution in [0.3, 0.4) is 0 Å². The Bertz CT molecular complexity index is 1050. The molecule has 2 heterocycles. The number of aliphatic hydroxyl groups is 1. The minimum Gasteiger partial charge on any atom is -0.504 e. The summed E-state index contributed by atoms with van der Waals surface area (Å²) >= 11 is 0. The second-order valence-corrected chi connectivity index (χ2v) is 10.3.